The summed E-state index contributed by atoms with van der Waals surface area (Å²) in [5, 5.41) is 0. The van der Waals surface area contributed by atoms with Gasteiger partial charge in [0.25, 0.3) is 0 Å². The average Bonchev–Trinajstić information content (AvgIpc) is 2.52. The minimum Gasteiger partial charge on any atom is -0.293 e. The Bertz CT molecular complexity index is 639. The van der Waals surface area contributed by atoms with E-state index in [1.54, 1.807) is 12.1 Å². The number of hydrogen-bond donors (Lipinski definition) is 0. The van der Waals surface area contributed by atoms with Crippen molar-refractivity contribution in [2.45, 2.75) is 12.8 Å². The smallest absolute Gasteiger partial charge is 0.239 e. The molecule has 2 aromatic rings. The van der Waals surface area contributed by atoms with Crippen molar-refractivity contribution in [1.82, 2.24) is 0 Å². The van der Waals surface area contributed by atoms with Gasteiger partial charge in [-0.3, -0.25) is 9.59 Å². The topological polar surface area (TPSA) is 34.1 Å². The van der Waals surface area contributed by atoms with E-state index in [2.05, 4.69) is 15.9 Å². The van der Waals surface area contributed by atoms with Crippen molar-refractivity contribution in [3.63, 3.8) is 0 Å². The standard InChI is InChI=1S/C17H12BrF3O2/c18-12-5-1-10(2-6-12)16(22)14(9-15(20)21)17(23)11-3-7-13(19)8-4-11/h1-8,14-15H,9H2. The largest absolute Gasteiger partial charge is 0.293 e. The molecule has 2 aromatic carbocycles. The molecule has 6 heteroatoms. The van der Waals surface area contributed by atoms with Gasteiger partial charge in [-0.1, -0.05) is 28.1 Å². The van der Waals surface area contributed by atoms with Gasteiger partial charge in [0, 0.05) is 22.0 Å². The molecule has 0 fully saturated rings. The zero-order valence-electron chi connectivity index (χ0n) is 11.8. The van der Waals surface area contributed by atoms with E-state index in [1.807, 2.05) is 0 Å². The first-order valence-corrected chi connectivity index (χ1v) is 7.55. The number of carbonyl (C=O) groups is 2. The first-order chi connectivity index (χ1) is 10.9. The monoisotopic (exact) mass is 384 g/mol. The SMILES string of the molecule is O=C(c1ccc(F)cc1)C(CC(F)F)C(=O)c1ccc(Br)cc1. The molecule has 0 aliphatic rings. The van der Waals surface area contributed by atoms with Crippen LogP contribution in [0.15, 0.2) is 53.0 Å². The number of carbonyl (C=O) groups excluding carboxylic acids is 2. The lowest BCUT2D eigenvalue weighted by molar-refractivity contribution is 0.0671. The summed E-state index contributed by atoms with van der Waals surface area (Å²) >= 11 is 3.21. The maximum atomic E-state index is 12.9. The van der Waals surface area contributed by atoms with Crippen LogP contribution in [0.3, 0.4) is 0 Å². The molecule has 1 atom stereocenters. The summed E-state index contributed by atoms with van der Waals surface area (Å²) in [5.74, 6) is -3.46. The molecule has 23 heavy (non-hydrogen) atoms. The maximum absolute atomic E-state index is 12.9. The van der Waals surface area contributed by atoms with Gasteiger partial charge in [-0.15, -0.1) is 0 Å². The minimum absolute atomic E-state index is 0.0301. The van der Waals surface area contributed by atoms with Gasteiger partial charge in [-0.05, 0) is 36.4 Å². The van der Waals surface area contributed by atoms with E-state index in [0.29, 0.717) is 0 Å². The lowest BCUT2D eigenvalue weighted by Gasteiger charge is -2.15. The van der Waals surface area contributed by atoms with Crippen LogP contribution in [-0.4, -0.2) is 18.0 Å². The summed E-state index contributed by atoms with van der Waals surface area (Å²) in [4.78, 5) is 24.8. The van der Waals surface area contributed by atoms with Gasteiger partial charge < -0.3 is 0 Å². The van der Waals surface area contributed by atoms with Crippen LogP contribution in [-0.2, 0) is 0 Å². The molecule has 0 aliphatic heterocycles. The predicted molar refractivity (Wildman–Crippen MR) is 83.3 cm³/mol. The Labute approximate surface area is 139 Å². The van der Waals surface area contributed by atoms with E-state index in [9.17, 15) is 22.8 Å². The Hall–Kier alpha value is -1.95. The van der Waals surface area contributed by atoms with E-state index in [1.165, 1.54) is 24.3 Å². The van der Waals surface area contributed by atoms with Crippen LogP contribution in [0.1, 0.15) is 27.1 Å². The van der Waals surface area contributed by atoms with Gasteiger partial charge in [0.05, 0.1) is 5.92 Å². The van der Waals surface area contributed by atoms with Crippen molar-refractivity contribution in [3.8, 4) is 0 Å². The second kappa shape index (κ2) is 7.55. The van der Waals surface area contributed by atoms with Crippen molar-refractivity contribution in [2.75, 3.05) is 0 Å². The first-order valence-electron chi connectivity index (χ1n) is 6.76. The summed E-state index contributed by atoms with van der Waals surface area (Å²) in [5.41, 5.74) is 0.205. The van der Waals surface area contributed by atoms with Gasteiger partial charge >= 0.3 is 0 Å². The highest BCUT2D eigenvalue weighted by molar-refractivity contribution is 9.10. The van der Waals surface area contributed by atoms with Crippen molar-refractivity contribution in [2.24, 2.45) is 5.92 Å². The zero-order chi connectivity index (χ0) is 17.0. The molecule has 1 unspecified atom stereocenters. The van der Waals surface area contributed by atoms with Crippen LogP contribution < -0.4 is 0 Å². The molecule has 0 amide bonds. The summed E-state index contributed by atoms with van der Waals surface area (Å²) in [6.45, 7) is 0. The molecule has 0 bridgehead atoms. The van der Waals surface area contributed by atoms with Gasteiger partial charge in [0.1, 0.15) is 5.82 Å². The lowest BCUT2D eigenvalue weighted by Crippen LogP contribution is -2.26. The Kier molecular flexibility index (Phi) is 5.71. The van der Waals surface area contributed by atoms with E-state index in [4.69, 9.17) is 0 Å². The highest BCUT2D eigenvalue weighted by Crippen LogP contribution is 2.23. The molecule has 0 N–H and O–H groups in total. The highest BCUT2D eigenvalue weighted by atomic mass is 79.9. The molecule has 0 radical (unpaired) electrons. The normalized spacial score (nSPS) is 12.2. The quantitative estimate of drug-likeness (QED) is 0.522. The summed E-state index contributed by atoms with van der Waals surface area (Å²) < 4.78 is 39.2. The molecule has 0 saturated carbocycles. The Morgan fingerprint density at radius 3 is 1.74 bits per heavy atom. The Morgan fingerprint density at radius 2 is 1.30 bits per heavy atom. The number of rotatable bonds is 6. The maximum Gasteiger partial charge on any atom is 0.239 e. The first kappa shape index (κ1) is 17.4. The van der Waals surface area contributed by atoms with Crippen LogP contribution in [0.2, 0.25) is 0 Å². The molecular formula is C17H12BrF3O2. The number of alkyl halides is 2. The fourth-order valence-electron chi connectivity index (χ4n) is 2.14. The van der Waals surface area contributed by atoms with E-state index in [-0.39, 0.29) is 11.1 Å². The van der Waals surface area contributed by atoms with Crippen molar-refractivity contribution < 1.29 is 22.8 Å². The van der Waals surface area contributed by atoms with Crippen LogP contribution in [0, 0.1) is 11.7 Å². The Balaban J connectivity index is 2.32. The van der Waals surface area contributed by atoms with Crippen LogP contribution >= 0.6 is 15.9 Å². The molecule has 0 aromatic heterocycles. The molecule has 2 rings (SSSR count). The third kappa shape index (κ3) is 4.51. The lowest BCUT2D eigenvalue weighted by atomic mass is 9.87. The van der Waals surface area contributed by atoms with Crippen LogP contribution in [0.4, 0.5) is 13.2 Å². The summed E-state index contributed by atoms with van der Waals surface area (Å²) in [6.07, 6.45) is -3.67. The summed E-state index contributed by atoms with van der Waals surface area (Å²) in [7, 11) is 0. The van der Waals surface area contributed by atoms with Crippen LogP contribution in [0.5, 0.6) is 0 Å². The minimum atomic E-state index is -2.80. The van der Waals surface area contributed by atoms with Gasteiger partial charge in [-0.2, -0.15) is 0 Å². The second-order valence-electron chi connectivity index (χ2n) is 4.92. The van der Waals surface area contributed by atoms with Gasteiger partial charge in [-0.25, -0.2) is 13.2 Å². The molecule has 0 spiro atoms. The number of hydrogen-bond acceptors (Lipinski definition) is 2. The number of benzene rings is 2. The third-order valence-corrected chi connectivity index (χ3v) is 3.83. The summed E-state index contributed by atoms with van der Waals surface area (Å²) in [6, 6.07) is 10.6. The fourth-order valence-corrected chi connectivity index (χ4v) is 2.41. The third-order valence-electron chi connectivity index (χ3n) is 3.30. The van der Waals surface area contributed by atoms with Gasteiger partial charge in [0.15, 0.2) is 11.6 Å². The molecule has 2 nitrogen and oxygen atoms in total. The molecule has 0 aliphatic carbocycles. The van der Waals surface area contributed by atoms with Crippen LogP contribution in [0.25, 0.3) is 0 Å². The number of halogens is 4. The molecule has 0 heterocycles. The van der Waals surface area contributed by atoms with E-state index in [0.717, 1.165) is 16.6 Å². The molecule has 120 valence electrons. The fraction of sp³-hybridized carbons (Fsp3) is 0.176. The predicted octanol–water partition coefficient (Wildman–Crippen LogP) is 4.93. The van der Waals surface area contributed by atoms with E-state index >= 15 is 0 Å². The highest BCUT2D eigenvalue weighted by Gasteiger charge is 2.31. The average molecular weight is 385 g/mol. The number of Topliss-reactive ketones (excluding diaryl/α,β-unsaturated/α-hetero) is 2. The second-order valence-corrected chi connectivity index (χ2v) is 5.84. The Morgan fingerprint density at radius 1 is 0.870 bits per heavy atom. The zero-order valence-corrected chi connectivity index (χ0v) is 13.4. The van der Waals surface area contributed by atoms with Crippen molar-refractivity contribution >= 4 is 27.5 Å². The molecular weight excluding hydrogens is 373 g/mol. The number of ketones is 2. The van der Waals surface area contributed by atoms with Crippen molar-refractivity contribution in [3.05, 3.63) is 69.9 Å². The van der Waals surface area contributed by atoms with E-state index < -0.39 is 36.1 Å². The molecule has 0 saturated heterocycles. The van der Waals surface area contributed by atoms with Gasteiger partial charge in [0.2, 0.25) is 6.43 Å². The van der Waals surface area contributed by atoms with Crippen molar-refractivity contribution in [1.29, 1.82) is 0 Å².